The van der Waals surface area contributed by atoms with Crippen molar-refractivity contribution in [1.29, 1.82) is 0 Å². The monoisotopic (exact) mass is 298 g/mol. The van der Waals surface area contributed by atoms with Crippen molar-refractivity contribution in [2.75, 3.05) is 39.8 Å². The van der Waals surface area contributed by atoms with Gasteiger partial charge in [0, 0.05) is 45.1 Å². The van der Waals surface area contributed by atoms with E-state index < -0.39 is 0 Å². The standard InChI is InChI=1S/C18H26N4/c1-20-11-13-21(14-12-20)9-2-3-17-4-6-18(7-5-17)15-22-10-8-19-16-22/h4-8,10,16H,2-3,9,11-15H2,1H3. The molecule has 2 aromatic rings. The van der Waals surface area contributed by atoms with Gasteiger partial charge in [-0.1, -0.05) is 24.3 Å². The van der Waals surface area contributed by atoms with Gasteiger partial charge in [0.05, 0.1) is 6.33 Å². The van der Waals surface area contributed by atoms with Crippen LogP contribution in [-0.4, -0.2) is 59.1 Å². The maximum absolute atomic E-state index is 4.08. The van der Waals surface area contributed by atoms with Gasteiger partial charge in [-0.15, -0.1) is 0 Å². The molecule has 0 radical (unpaired) electrons. The van der Waals surface area contributed by atoms with Crippen LogP contribution < -0.4 is 0 Å². The molecule has 1 aromatic carbocycles. The van der Waals surface area contributed by atoms with Gasteiger partial charge in [0.25, 0.3) is 0 Å². The Morgan fingerprint density at radius 1 is 1.00 bits per heavy atom. The number of aryl methyl sites for hydroxylation is 1. The van der Waals surface area contributed by atoms with E-state index in [2.05, 4.69) is 50.7 Å². The molecule has 1 saturated heterocycles. The SMILES string of the molecule is CN1CCN(CCCc2ccc(Cn3ccnc3)cc2)CC1. The summed E-state index contributed by atoms with van der Waals surface area (Å²) in [5.74, 6) is 0. The average Bonchev–Trinajstić information content (AvgIpc) is 3.04. The summed E-state index contributed by atoms with van der Waals surface area (Å²) in [6.07, 6.45) is 8.13. The third-order valence-corrected chi connectivity index (χ3v) is 4.48. The second-order valence-electron chi connectivity index (χ2n) is 6.30. The fourth-order valence-corrected chi connectivity index (χ4v) is 2.98. The van der Waals surface area contributed by atoms with E-state index >= 15 is 0 Å². The van der Waals surface area contributed by atoms with Gasteiger partial charge in [-0.25, -0.2) is 4.98 Å². The average molecular weight is 298 g/mol. The Labute approximate surface area is 133 Å². The van der Waals surface area contributed by atoms with Gasteiger partial charge in [-0.3, -0.25) is 0 Å². The summed E-state index contributed by atoms with van der Waals surface area (Å²) in [7, 11) is 2.21. The van der Waals surface area contributed by atoms with Crippen LogP contribution in [0.25, 0.3) is 0 Å². The van der Waals surface area contributed by atoms with E-state index in [1.54, 1.807) is 0 Å². The molecular formula is C18H26N4. The lowest BCUT2D eigenvalue weighted by molar-refractivity contribution is 0.153. The Bertz CT molecular complexity index is 539. The third-order valence-electron chi connectivity index (χ3n) is 4.48. The molecule has 4 heteroatoms. The molecule has 0 amide bonds. The predicted octanol–water partition coefficient (Wildman–Crippen LogP) is 2.11. The molecule has 2 heterocycles. The van der Waals surface area contributed by atoms with Gasteiger partial charge < -0.3 is 14.4 Å². The van der Waals surface area contributed by atoms with Crippen LogP contribution in [-0.2, 0) is 13.0 Å². The lowest BCUT2D eigenvalue weighted by Gasteiger charge is -2.32. The van der Waals surface area contributed by atoms with Crippen molar-refractivity contribution in [2.45, 2.75) is 19.4 Å². The second-order valence-corrected chi connectivity index (χ2v) is 6.30. The fraction of sp³-hybridized carbons (Fsp3) is 0.500. The zero-order valence-corrected chi connectivity index (χ0v) is 13.5. The molecule has 22 heavy (non-hydrogen) atoms. The molecule has 0 atom stereocenters. The number of aromatic nitrogens is 2. The summed E-state index contributed by atoms with van der Waals surface area (Å²) >= 11 is 0. The summed E-state index contributed by atoms with van der Waals surface area (Å²) in [5.41, 5.74) is 2.78. The number of piperazine rings is 1. The molecule has 0 bridgehead atoms. The van der Waals surface area contributed by atoms with Crippen molar-refractivity contribution >= 4 is 0 Å². The summed E-state index contributed by atoms with van der Waals surface area (Å²) in [4.78, 5) is 9.08. The van der Waals surface area contributed by atoms with Crippen molar-refractivity contribution < 1.29 is 0 Å². The van der Waals surface area contributed by atoms with Crippen molar-refractivity contribution in [3.05, 3.63) is 54.1 Å². The number of hydrogen-bond donors (Lipinski definition) is 0. The van der Waals surface area contributed by atoms with Gasteiger partial charge in [0.1, 0.15) is 0 Å². The Morgan fingerprint density at radius 3 is 2.41 bits per heavy atom. The summed E-state index contributed by atoms with van der Waals surface area (Å²) in [5, 5.41) is 0. The van der Waals surface area contributed by atoms with Gasteiger partial charge in [-0.2, -0.15) is 0 Å². The molecular weight excluding hydrogens is 272 g/mol. The van der Waals surface area contributed by atoms with Crippen LogP contribution in [0.15, 0.2) is 43.0 Å². The van der Waals surface area contributed by atoms with Crippen LogP contribution in [0.5, 0.6) is 0 Å². The molecule has 1 aliphatic heterocycles. The molecule has 1 aliphatic rings. The first-order valence-corrected chi connectivity index (χ1v) is 8.24. The van der Waals surface area contributed by atoms with Gasteiger partial charge >= 0.3 is 0 Å². The topological polar surface area (TPSA) is 24.3 Å². The van der Waals surface area contributed by atoms with Crippen molar-refractivity contribution in [1.82, 2.24) is 19.4 Å². The lowest BCUT2D eigenvalue weighted by atomic mass is 10.1. The predicted molar refractivity (Wildman–Crippen MR) is 90.0 cm³/mol. The number of imidazole rings is 1. The second kappa shape index (κ2) is 7.56. The van der Waals surface area contributed by atoms with Gasteiger partial charge in [0.15, 0.2) is 0 Å². The highest BCUT2D eigenvalue weighted by Gasteiger charge is 2.12. The van der Waals surface area contributed by atoms with Crippen LogP contribution in [0.1, 0.15) is 17.5 Å². The Kier molecular flexibility index (Phi) is 5.24. The molecule has 4 nitrogen and oxygen atoms in total. The van der Waals surface area contributed by atoms with E-state index in [1.807, 2.05) is 18.7 Å². The zero-order chi connectivity index (χ0) is 15.2. The number of hydrogen-bond acceptors (Lipinski definition) is 3. The first-order chi connectivity index (χ1) is 10.8. The number of nitrogens with zero attached hydrogens (tertiary/aromatic N) is 4. The molecule has 3 rings (SSSR count). The molecule has 0 aliphatic carbocycles. The maximum atomic E-state index is 4.08. The zero-order valence-electron chi connectivity index (χ0n) is 13.5. The van der Waals surface area contributed by atoms with Crippen molar-refractivity contribution in [3.8, 4) is 0 Å². The maximum Gasteiger partial charge on any atom is 0.0949 e. The first kappa shape index (κ1) is 15.3. The molecule has 118 valence electrons. The summed E-state index contributed by atoms with van der Waals surface area (Å²) in [6, 6.07) is 9.03. The van der Waals surface area contributed by atoms with Crippen molar-refractivity contribution in [3.63, 3.8) is 0 Å². The van der Waals surface area contributed by atoms with E-state index in [4.69, 9.17) is 0 Å². The number of benzene rings is 1. The number of likely N-dealkylation sites (N-methyl/N-ethyl adjacent to an activating group) is 1. The van der Waals surface area contributed by atoms with Gasteiger partial charge in [-0.05, 0) is 37.6 Å². The largest absolute Gasteiger partial charge is 0.333 e. The van der Waals surface area contributed by atoms with Crippen LogP contribution in [0, 0.1) is 0 Å². The molecule has 0 unspecified atom stereocenters. The molecule has 1 fully saturated rings. The summed E-state index contributed by atoms with van der Waals surface area (Å²) < 4.78 is 2.10. The minimum atomic E-state index is 0.904. The lowest BCUT2D eigenvalue weighted by Crippen LogP contribution is -2.44. The highest BCUT2D eigenvalue weighted by atomic mass is 15.2. The molecule has 0 spiro atoms. The van der Waals surface area contributed by atoms with Gasteiger partial charge in [0.2, 0.25) is 0 Å². The van der Waals surface area contributed by atoms with E-state index in [0.29, 0.717) is 0 Å². The van der Waals surface area contributed by atoms with Crippen LogP contribution in [0.2, 0.25) is 0 Å². The minimum absolute atomic E-state index is 0.904. The molecule has 0 N–H and O–H groups in total. The summed E-state index contributed by atoms with van der Waals surface area (Å²) in [6.45, 7) is 7.00. The Balaban J connectivity index is 1.41. The molecule has 1 aromatic heterocycles. The van der Waals surface area contributed by atoms with E-state index in [1.165, 1.54) is 56.7 Å². The third kappa shape index (κ3) is 4.42. The van der Waals surface area contributed by atoms with Crippen LogP contribution >= 0.6 is 0 Å². The molecule has 0 saturated carbocycles. The highest BCUT2D eigenvalue weighted by molar-refractivity contribution is 5.23. The quantitative estimate of drug-likeness (QED) is 0.816. The minimum Gasteiger partial charge on any atom is -0.333 e. The van der Waals surface area contributed by atoms with Crippen LogP contribution in [0.4, 0.5) is 0 Å². The Morgan fingerprint density at radius 2 is 1.73 bits per heavy atom. The fourth-order valence-electron chi connectivity index (χ4n) is 2.98. The van der Waals surface area contributed by atoms with E-state index in [-0.39, 0.29) is 0 Å². The normalized spacial score (nSPS) is 17.0. The number of rotatable bonds is 6. The first-order valence-electron chi connectivity index (χ1n) is 8.24. The van der Waals surface area contributed by atoms with Crippen molar-refractivity contribution in [2.24, 2.45) is 0 Å². The van der Waals surface area contributed by atoms with Crippen LogP contribution in [0.3, 0.4) is 0 Å². The van der Waals surface area contributed by atoms with E-state index in [0.717, 1.165) is 6.54 Å². The Hall–Kier alpha value is -1.65. The van der Waals surface area contributed by atoms with E-state index in [9.17, 15) is 0 Å². The highest BCUT2D eigenvalue weighted by Crippen LogP contribution is 2.09. The smallest absolute Gasteiger partial charge is 0.0949 e.